The van der Waals surface area contributed by atoms with E-state index >= 15 is 0 Å². The van der Waals surface area contributed by atoms with Crippen LogP contribution in [0.1, 0.15) is 35.2 Å². The third kappa shape index (κ3) is 3.59. The fourth-order valence-electron chi connectivity index (χ4n) is 3.69. The summed E-state index contributed by atoms with van der Waals surface area (Å²) in [6.45, 7) is 7.89. The van der Waals surface area contributed by atoms with E-state index in [9.17, 15) is 0 Å². The topological polar surface area (TPSA) is 54.8 Å². The van der Waals surface area contributed by atoms with Crippen molar-refractivity contribution in [2.24, 2.45) is 0 Å². The number of halogens is 1. The minimum absolute atomic E-state index is 0.304. The molecule has 144 valence electrons. The lowest BCUT2D eigenvalue weighted by atomic mass is 9.97. The number of fused-ring (bicyclic) bond motifs is 1. The molecule has 0 saturated carbocycles. The van der Waals surface area contributed by atoms with Gasteiger partial charge in [-0.1, -0.05) is 36.4 Å². The van der Waals surface area contributed by atoms with Gasteiger partial charge in [0, 0.05) is 48.7 Å². The monoisotopic (exact) mass is 411 g/mol. The van der Waals surface area contributed by atoms with E-state index in [1.165, 1.54) is 0 Å². The fourth-order valence-corrected chi connectivity index (χ4v) is 4.23. The molecule has 1 unspecified atom stereocenters. The summed E-state index contributed by atoms with van der Waals surface area (Å²) >= 11 is 8.06. The second-order valence-corrected chi connectivity index (χ2v) is 8.43. The molecule has 1 atom stereocenters. The van der Waals surface area contributed by atoms with Gasteiger partial charge in [-0.05, 0) is 37.3 Å². The lowest BCUT2D eigenvalue weighted by molar-refractivity contribution is 0.600. The van der Waals surface area contributed by atoms with E-state index in [2.05, 4.69) is 39.8 Å². The van der Waals surface area contributed by atoms with Crippen molar-refractivity contribution in [3.8, 4) is 11.3 Å². The van der Waals surface area contributed by atoms with Gasteiger partial charge in [0.05, 0.1) is 16.4 Å². The highest BCUT2D eigenvalue weighted by molar-refractivity contribution is 7.98. The molecule has 0 bridgehead atoms. The summed E-state index contributed by atoms with van der Waals surface area (Å²) in [7, 11) is 0. The van der Waals surface area contributed by atoms with Crippen LogP contribution in [-0.4, -0.2) is 32.7 Å². The van der Waals surface area contributed by atoms with Crippen molar-refractivity contribution < 1.29 is 0 Å². The molecule has 0 fully saturated rings. The van der Waals surface area contributed by atoms with E-state index in [0.29, 0.717) is 10.9 Å². The summed E-state index contributed by atoms with van der Waals surface area (Å²) in [6, 6.07) is 4.17. The standard InChI is InChI=1S/C21H22ClN5S/c1-12-5-13(2)20(24-7-12)16-6-18(23-9-17(16)22)27-10-14(3)19-15(11-27)8-25-21(26-19)28-4/h5-9,14H,10-11H2,1-4H3. The molecule has 0 amide bonds. The quantitative estimate of drug-likeness (QED) is 0.444. The Labute approximate surface area is 174 Å². The van der Waals surface area contributed by atoms with Crippen molar-refractivity contribution in [3.63, 3.8) is 0 Å². The minimum Gasteiger partial charge on any atom is -0.351 e. The zero-order valence-corrected chi connectivity index (χ0v) is 18.0. The van der Waals surface area contributed by atoms with Crippen molar-refractivity contribution in [1.82, 2.24) is 19.9 Å². The molecule has 28 heavy (non-hydrogen) atoms. The first-order valence-electron chi connectivity index (χ1n) is 9.20. The third-order valence-corrected chi connectivity index (χ3v) is 5.88. The number of hydrogen-bond acceptors (Lipinski definition) is 6. The summed E-state index contributed by atoms with van der Waals surface area (Å²) in [5.74, 6) is 1.20. The predicted molar refractivity (Wildman–Crippen MR) is 115 cm³/mol. The van der Waals surface area contributed by atoms with E-state index in [1.54, 1.807) is 18.0 Å². The maximum absolute atomic E-state index is 6.48. The number of anilines is 1. The lowest BCUT2D eigenvalue weighted by Crippen LogP contribution is -2.34. The van der Waals surface area contributed by atoms with Gasteiger partial charge >= 0.3 is 0 Å². The van der Waals surface area contributed by atoms with E-state index in [-0.39, 0.29) is 0 Å². The molecule has 7 heteroatoms. The van der Waals surface area contributed by atoms with Crippen LogP contribution in [0.4, 0.5) is 5.82 Å². The lowest BCUT2D eigenvalue weighted by Gasteiger charge is -2.33. The van der Waals surface area contributed by atoms with E-state index < -0.39 is 0 Å². The molecule has 3 aromatic rings. The van der Waals surface area contributed by atoms with Crippen LogP contribution in [-0.2, 0) is 6.54 Å². The fraction of sp³-hybridized carbons (Fsp3) is 0.333. The highest BCUT2D eigenvalue weighted by atomic mass is 35.5. The molecule has 4 rings (SSSR count). The normalized spacial score (nSPS) is 16.2. The Morgan fingerprint density at radius 1 is 1.11 bits per heavy atom. The Balaban J connectivity index is 1.70. The molecular weight excluding hydrogens is 390 g/mol. The number of aromatic nitrogens is 4. The van der Waals surface area contributed by atoms with E-state index in [0.717, 1.165) is 57.7 Å². The van der Waals surface area contributed by atoms with Gasteiger partial charge in [-0.3, -0.25) is 4.98 Å². The first-order valence-corrected chi connectivity index (χ1v) is 10.8. The molecule has 4 heterocycles. The van der Waals surface area contributed by atoms with Crippen LogP contribution >= 0.6 is 23.4 Å². The molecule has 0 spiro atoms. The van der Waals surface area contributed by atoms with Crippen LogP contribution < -0.4 is 4.90 Å². The van der Waals surface area contributed by atoms with Crippen molar-refractivity contribution >= 4 is 29.2 Å². The molecule has 1 aliphatic rings. The number of thioether (sulfide) groups is 1. The molecular formula is C21H22ClN5S. The van der Waals surface area contributed by atoms with Crippen molar-refractivity contribution in [1.29, 1.82) is 0 Å². The van der Waals surface area contributed by atoms with Crippen LogP contribution in [0.25, 0.3) is 11.3 Å². The Bertz CT molecular complexity index is 1040. The van der Waals surface area contributed by atoms with E-state index in [1.807, 2.05) is 31.6 Å². The summed E-state index contributed by atoms with van der Waals surface area (Å²) in [4.78, 5) is 20.6. The number of aryl methyl sites for hydroxylation is 2. The van der Waals surface area contributed by atoms with Crippen molar-refractivity contribution in [3.05, 3.63) is 58.1 Å². The summed E-state index contributed by atoms with van der Waals surface area (Å²) in [5, 5.41) is 1.44. The maximum Gasteiger partial charge on any atom is 0.187 e. The molecule has 0 radical (unpaired) electrons. The molecule has 1 aliphatic heterocycles. The molecule has 0 N–H and O–H groups in total. The van der Waals surface area contributed by atoms with Gasteiger partial charge in [-0.15, -0.1) is 0 Å². The van der Waals surface area contributed by atoms with Crippen LogP contribution in [0.15, 0.2) is 35.9 Å². The SMILES string of the molecule is CSc1ncc2c(n1)C(C)CN(c1cc(-c3ncc(C)cc3C)c(Cl)cn1)C2. The van der Waals surface area contributed by atoms with Crippen LogP contribution in [0.2, 0.25) is 5.02 Å². The number of rotatable bonds is 3. The molecule has 0 saturated heterocycles. The summed E-state index contributed by atoms with van der Waals surface area (Å²) in [6.07, 6.45) is 7.54. The Morgan fingerprint density at radius 2 is 1.93 bits per heavy atom. The van der Waals surface area contributed by atoms with Gasteiger partial charge in [0.1, 0.15) is 5.82 Å². The number of hydrogen-bond donors (Lipinski definition) is 0. The van der Waals surface area contributed by atoms with Crippen LogP contribution in [0.5, 0.6) is 0 Å². The van der Waals surface area contributed by atoms with Crippen LogP contribution in [0.3, 0.4) is 0 Å². The second kappa shape index (κ2) is 7.68. The molecule has 0 aromatic carbocycles. The van der Waals surface area contributed by atoms with Crippen molar-refractivity contribution in [2.45, 2.75) is 38.4 Å². The molecule has 5 nitrogen and oxygen atoms in total. The van der Waals surface area contributed by atoms with Gasteiger partial charge in [-0.25, -0.2) is 15.0 Å². The average Bonchev–Trinajstić information content (AvgIpc) is 2.68. The number of nitrogens with zero attached hydrogens (tertiary/aromatic N) is 5. The average molecular weight is 412 g/mol. The minimum atomic E-state index is 0.304. The summed E-state index contributed by atoms with van der Waals surface area (Å²) in [5.41, 5.74) is 6.35. The van der Waals surface area contributed by atoms with Gasteiger partial charge in [0.2, 0.25) is 0 Å². The van der Waals surface area contributed by atoms with Crippen molar-refractivity contribution in [2.75, 3.05) is 17.7 Å². The Kier molecular flexibility index (Phi) is 5.25. The zero-order valence-electron chi connectivity index (χ0n) is 16.4. The molecule has 3 aromatic heterocycles. The maximum atomic E-state index is 6.48. The largest absolute Gasteiger partial charge is 0.351 e. The van der Waals surface area contributed by atoms with E-state index in [4.69, 9.17) is 16.6 Å². The number of pyridine rings is 2. The van der Waals surface area contributed by atoms with Gasteiger partial charge in [0.15, 0.2) is 5.16 Å². The van der Waals surface area contributed by atoms with Crippen LogP contribution in [0, 0.1) is 13.8 Å². The molecule has 0 aliphatic carbocycles. The highest BCUT2D eigenvalue weighted by Gasteiger charge is 2.26. The van der Waals surface area contributed by atoms with Gasteiger partial charge < -0.3 is 4.90 Å². The second-order valence-electron chi connectivity index (χ2n) is 7.25. The smallest absolute Gasteiger partial charge is 0.187 e. The van der Waals surface area contributed by atoms with Gasteiger partial charge in [0.25, 0.3) is 0 Å². The first-order chi connectivity index (χ1) is 13.5. The predicted octanol–water partition coefficient (Wildman–Crippen LogP) is 5.05. The zero-order chi connectivity index (χ0) is 19.8. The Hall–Kier alpha value is -2.18. The third-order valence-electron chi connectivity index (χ3n) is 5.02. The first kappa shape index (κ1) is 19.2. The van der Waals surface area contributed by atoms with Gasteiger partial charge in [-0.2, -0.15) is 0 Å². The highest BCUT2D eigenvalue weighted by Crippen LogP contribution is 2.34. The summed E-state index contributed by atoms with van der Waals surface area (Å²) < 4.78 is 0. The Morgan fingerprint density at radius 3 is 2.68 bits per heavy atom.